The molecule has 0 radical (unpaired) electrons. The standard InChI is InChI=1S/C15H18BrN3O/c1-19(13-6-3-2-4-7-13)9-5-8-17-15(20)14-10-12(16)11-18-14/h2-4,6-7,10-11,18H,5,8-9H2,1H3,(H,17,20). The Labute approximate surface area is 127 Å². The topological polar surface area (TPSA) is 48.1 Å². The Morgan fingerprint density at radius 3 is 2.75 bits per heavy atom. The molecule has 0 unspecified atom stereocenters. The zero-order valence-corrected chi connectivity index (χ0v) is 13.0. The molecular weight excluding hydrogens is 318 g/mol. The van der Waals surface area contributed by atoms with Gasteiger partial charge < -0.3 is 15.2 Å². The van der Waals surface area contributed by atoms with Gasteiger partial charge in [-0.3, -0.25) is 4.79 Å². The van der Waals surface area contributed by atoms with Crippen LogP contribution in [-0.2, 0) is 0 Å². The molecule has 0 spiro atoms. The van der Waals surface area contributed by atoms with Gasteiger partial charge in [0.25, 0.3) is 5.91 Å². The first-order chi connectivity index (χ1) is 9.66. The first-order valence-corrected chi connectivity index (χ1v) is 7.34. The molecule has 106 valence electrons. The van der Waals surface area contributed by atoms with Crippen LogP contribution in [0.3, 0.4) is 0 Å². The lowest BCUT2D eigenvalue weighted by Crippen LogP contribution is -2.28. The molecule has 0 aliphatic carbocycles. The average molecular weight is 336 g/mol. The van der Waals surface area contributed by atoms with Crippen LogP contribution in [0.25, 0.3) is 0 Å². The van der Waals surface area contributed by atoms with E-state index in [1.807, 2.05) is 18.2 Å². The Balaban J connectivity index is 1.70. The van der Waals surface area contributed by atoms with Crippen LogP contribution in [0, 0.1) is 0 Å². The highest BCUT2D eigenvalue weighted by atomic mass is 79.9. The van der Waals surface area contributed by atoms with Gasteiger partial charge in [0.2, 0.25) is 0 Å². The number of hydrogen-bond acceptors (Lipinski definition) is 2. The fourth-order valence-electron chi connectivity index (χ4n) is 1.92. The lowest BCUT2D eigenvalue weighted by molar-refractivity contribution is 0.0949. The Hall–Kier alpha value is -1.75. The van der Waals surface area contributed by atoms with E-state index in [1.54, 1.807) is 12.3 Å². The van der Waals surface area contributed by atoms with Crippen LogP contribution >= 0.6 is 15.9 Å². The third-order valence-electron chi connectivity index (χ3n) is 3.05. The minimum atomic E-state index is -0.0712. The second kappa shape index (κ2) is 7.14. The summed E-state index contributed by atoms with van der Waals surface area (Å²) in [6, 6.07) is 12.0. The molecule has 20 heavy (non-hydrogen) atoms. The third kappa shape index (κ3) is 4.13. The number of aromatic nitrogens is 1. The summed E-state index contributed by atoms with van der Waals surface area (Å²) in [5.41, 5.74) is 1.76. The molecule has 0 saturated heterocycles. The van der Waals surface area contributed by atoms with Gasteiger partial charge in [-0.2, -0.15) is 0 Å². The summed E-state index contributed by atoms with van der Waals surface area (Å²) in [5.74, 6) is -0.0712. The molecule has 5 heteroatoms. The van der Waals surface area contributed by atoms with Crippen LogP contribution in [0.4, 0.5) is 5.69 Å². The molecule has 0 atom stereocenters. The van der Waals surface area contributed by atoms with E-state index < -0.39 is 0 Å². The highest BCUT2D eigenvalue weighted by Crippen LogP contribution is 2.11. The number of halogens is 1. The van der Waals surface area contributed by atoms with E-state index in [2.05, 4.69) is 50.3 Å². The number of amides is 1. The maximum Gasteiger partial charge on any atom is 0.267 e. The van der Waals surface area contributed by atoms with Gasteiger partial charge in [0.1, 0.15) is 5.69 Å². The molecule has 1 aromatic carbocycles. The number of rotatable bonds is 6. The van der Waals surface area contributed by atoms with Crippen molar-refractivity contribution in [2.75, 3.05) is 25.0 Å². The minimum absolute atomic E-state index is 0.0712. The van der Waals surface area contributed by atoms with Gasteiger partial charge in [0.05, 0.1) is 0 Å². The van der Waals surface area contributed by atoms with E-state index >= 15 is 0 Å². The Bertz CT molecular complexity index is 553. The van der Waals surface area contributed by atoms with Crippen LogP contribution < -0.4 is 10.2 Å². The fraction of sp³-hybridized carbons (Fsp3) is 0.267. The normalized spacial score (nSPS) is 10.3. The van der Waals surface area contributed by atoms with E-state index in [-0.39, 0.29) is 5.91 Å². The average Bonchev–Trinajstić information content (AvgIpc) is 2.91. The number of carbonyl (C=O) groups is 1. The zero-order chi connectivity index (χ0) is 14.4. The zero-order valence-electron chi connectivity index (χ0n) is 11.4. The number of hydrogen-bond donors (Lipinski definition) is 2. The fourth-order valence-corrected chi connectivity index (χ4v) is 2.27. The molecule has 4 nitrogen and oxygen atoms in total. The van der Waals surface area contributed by atoms with Crippen molar-refractivity contribution in [3.63, 3.8) is 0 Å². The summed E-state index contributed by atoms with van der Waals surface area (Å²) >= 11 is 3.31. The number of para-hydroxylation sites is 1. The second-order valence-corrected chi connectivity index (χ2v) is 5.51. The van der Waals surface area contributed by atoms with Crippen LogP contribution in [-0.4, -0.2) is 31.0 Å². The summed E-state index contributed by atoms with van der Waals surface area (Å²) in [6.07, 6.45) is 2.65. The molecule has 1 amide bonds. The van der Waals surface area contributed by atoms with Gasteiger partial charge in [-0.15, -0.1) is 0 Å². The van der Waals surface area contributed by atoms with E-state index in [0.29, 0.717) is 12.2 Å². The van der Waals surface area contributed by atoms with Crippen molar-refractivity contribution in [1.29, 1.82) is 0 Å². The number of aromatic amines is 1. The monoisotopic (exact) mass is 335 g/mol. The van der Waals surface area contributed by atoms with Crippen molar-refractivity contribution in [2.45, 2.75) is 6.42 Å². The van der Waals surface area contributed by atoms with E-state index in [1.165, 1.54) is 5.69 Å². The van der Waals surface area contributed by atoms with E-state index in [9.17, 15) is 4.79 Å². The van der Waals surface area contributed by atoms with E-state index in [0.717, 1.165) is 17.4 Å². The lowest BCUT2D eigenvalue weighted by atomic mass is 10.3. The molecular formula is C15H18BrN3O. The van der Waals surface area contributed by atoms with Crippen molar-refractivity contribution in [2.24, 2.45) is 0 Å². The number of H-pyrrole nitrogens is 1. The van der Waals surface area contributed by atoms with Crippen molar-refractivity contribution in [1.82, 2.24) is 10.3 Å². The smallest absolute Gasteiger partial charge is 0.267 e. The van der Waals surface area contributed by atoms with Crippen LogP contribution in [0.1, 0.15) is 16.9 Å². The first kappa shape index (κ1) is 14.7. The molecule has 0 aliphatic rings. The minimum Gasteiger partial charge on any atom is -0.375 e. The molecule has 0 aliphatic heterocycles. The predicted octanol–water partition coefficient (Wildman–Crippen LogP) is 3.03. The van der Waals surface area contributed by atoms with Gasteiger partial charge in [0.15, 0.2) is 0 Å². The summed E-state index contributed by atoms with van der Waals surface area (Å²) < 4.78 is 0.881. The third-order valence-corrected chi connectivity index (χ3v) is 3.50. The number of nitrogens with one attached hydrogen (secondary N) is 2. The number of carbonyl (C=O) groups excluding carboxylic acids is 1. The molecule has 1 heterocycles. The summed E-state index contributed by atoms with van der Waals surface area (Å²) in [4.78, 5) is 16.9. The van der Waals surface area contributed by atoms with Crippen LogP contribution in [0.5, 0.6) is 0 Å². The number of benzene rings is 1. The van der Waals surface area contributed by atoms with Gasteiger partial charge >= 0.3 is 0 Å². The molecule has 2 rings (SSSR count). The Morgan fingerprint density at radius 2 is 2.10 bits per heavy atom. The maximum absolute atomic E-state index is 11.8. The lowest BCUT2D eigenvalue weighted by Gasteiger charge is -2.19. The summed E-state index contributed by atoms with van der Waals surface area (Å²) in [6.45, 7) is 1.56. The Kier molecular flexibility index (Phi) is 5.24. The highest BCUT2D eigenvalue weighted by molar-refractivity contribution is 9.10. The molecule has 1 aromatic heterocycles. The summed E-state index contributed by atoms with van der Waals surface area (Å²) in [7, 11) is 2.05. The maximum atomic E-state index is 11.8. The van der Waals surface area contributed by atoms with Gasteiger partial charge in [0, 0.05) is 36.5 Å². The van der Waals surface area contributed by atoms with Crippen LogP contribution in [0.15, 0.2) is 47.1 Å². The highest BCUT2D eigenvalue weighted by Gasteiger charge is 2.07. The SMILES string of the molecule is CN(CCCNC(=O)c1cc(Br)c[nH]1)c1ccccc1. The number of nitrogens with zero attached hydrogens (tertiary/aromatic N) is 1. The molecule has 2 N–H and O–H groups in total. The first-order valence-electron chi connectivity index (χ1n) is 6.55. The molecule has 0 bridgehead atoms. The van der Waals surface area contributed by atoms with Gasteiger partial charge in [-0.05, 0) is 40.5 Å². The van der Waals surface area contributed by atoms with Crippen molar-refractivity contribution in [3.05, 3.63) is 52.8 Å². The van der Waals surface area contributed by atoms with Crippen molar-refractivity contribution < 1.29 is 4.79 Å². The molecule has 2 aromatic rings. The molecule has 0 saturated carbocycles. The van der Waals surface area contributed by atoms with Gasteiger partial charge in [-0.1, -0.05) is 18.2 Å². The summed E-state index contributed by atoms with van der Waals surface area (Å²) in [5, 5.41) is 2.90. The van der Waals surface area contributed by atoms with Crippen LogP contribution in [0.2, 0.25) is 0 Å². The largest absolute Gasteiger partial charge is 0.375 e. The van der Waals surface area contributed by atoms with Crippen molar-refractivity contribution >= 4 is 27.5 Å². The van der Waals surface area contributed by atoms with Crippen molar-refractivity contribution in [3.8, 4) is 0 Å². The number of anilines is 1. The quantitative estimate of drug-likeness (QED) is 0.797. The molecule has 0 fully saturated rings. The predicted molar refractivity (Wildman–Crippen MR) is 85.2 cm³/mol. The van der Waals surface area contributed by atoms with Gasteiger partial charge in [-0.25, -0.2) is 0 Å². The Morgan fingerprint density at radius 1 is 1.35 bits per heavy atom. The second-order valence-electron chi connectivity index (χ2n) is 4.60. The van der Waals surface area contributed by atoms with E-state index in [4.69, 9.17) is 0 Å².